The Kier molecular flexibility index (Phi) is 4.84. The second-order valence-corrected chi connectivity index (χ2v) is 4.24. The molecule has 0 N–H and O–H groups in total. The van der Waals surface area contributed by atoms with Crippen LogP contribution < -0.4 is 0 Å². The van der Waals surface area contributed by atoms with Gasteiger partial charge in [-0.1, -0.05) is 26.0 Å². The van der Waals surface area contributed by atoms with Gasteiger partial charge in [0.25, 0.3) is 0 Å². The highest BCUT2D eigenvalue weighted by molar-refractivity contribution is 5.82. The summed E-state index contributed by atoms with van der Waals surface area (Å²) in [5, 5.41) is 0. The summed E-state index contributed by atoms with van der Waals surface area (Å²) in [4.78, 5) is 14.1. The van der Waals surface area contributed by atoms with Crippen molar-refractivity contribution in [3.63, 3.8) is 0 Å². The number of rotatable bonds is 5. The quantitative estimate of drug-likeness (QED) is 0.755. The number of methoxy groups -OCH3 is 1. The van der Waals surface area contributed by atoms with E-state index in [4.69, 9.17) is 4.74 Å². The number of ether oxygens (including phenoxy) is 1. The standard InChI is InChI=1S/C14H20FNO2/c1-5-16(6-2)14(3,13(17)18-4)11-7-9-12(15)10-8-11/h7-10H,5-6H2,1-4H3. The molecule has 0 radical (unpaired) electrons. The molecule has 1 rings (SSSR count). The van der Waals surface area contributed by atoms with Crippen LogP contribution in [0.1, 0.15) is 26.3 Å². The first-order valence-electron chi connectivity index (χ1n) is 6.10. The van der Waals surface area contributed by atoms with Gasteiger partial charge >= 0.3 is 5.97 Å². The van der Waals surface area contributed by atoms with Crippen molar-refractivity contribution in [3.05, 3.63) is 35.6 Å². The van der Waals surface area contributed by atoms with Crippen molar-refractivity contribution in [3.8, 4) is 0 Å². The lowest BCUT2D eigenvalue weighted by atomic mass is 9.90. The van der Waals surface area contributed by atoms with Crippen LogP contribution in [0.3, 0.4) is 0 Å². The zero-order valence-corrected chi connectivity index (χ0v) is 11.4. The van der Waals surface area contributed by atoms with Crippen molar-refractivity contribution in [2.45, 2.75) is 26.3 Å². The van der Waals surface area contributed by atoms with Crippen LogP contribution in [0, 0.1) is 5.82 Å². The van der Waals surface area contributed by atoms with E-state index in [2.05, 4.69) is 0 Å². The highest BCUT2D eigenvalue weighted by Gasteiger charge is 2.40. The van der Waals surface area contributed by atoms with E-state index in [-0.39, 0.29) is 11.8 Å². The molecule has 0 heterocycles. The lowest BCUT2D eigenvalue weighted by Gasteiger charge is -2.38. The van der Waals surface area contributed by atoms with Crippen LogP contribution in [0.15, 0.2) is 24.3 Å². The van der Waals surface area contributed by atoms with Crippen molar-refractivity contribution in [2.24, 2.45) is 0 Å². The lowest BCUT2D eigenvalue weighted by molar-refractivity contribution is -0.155. The van der Waals surface area contributed by atoms with Gasteiger partial charge in [-0.2, -0.15) is 0 Å². The molecule has 4 heteroatoms. The van der Waals surface area contributed by atoms with E-state index in [1.807, 2.05) is 18.7 Å². The maximum absolute atomic E-state index is 13.0. The van der Waals surface area contributed by atoms with Crippen LogP contribution >= 0.6 is 0 Å². The summed E-state index contributed by atoms with van der Waals surface area (Å²) in [6, 6.07) is 5.98. The van der Waals surface area contributed by atoms with Gasteiger partial charge in [0.15, 0.2) is 0 Å². The molecule has 0 saturated heterocycles. The van der Waals surface area contributed by atoms with Gasteiger partial charge in [0.05, 0.1) is 7.11 Å². The molecule has 0 aliphatic heterocycles. The highest BCUT2D eigenvalue weighted by atomic mass is 19.1. The Hall–Kier alpha value is -1.42. The molecule has 0 aliphatic rings. The van der Waals surface area contributed by atoms with Crippen LogP contribution in [-0.4, -0.2) is 31.1 Å². The first kappa shape index (κ1) is 14.6. The molecule has 0 amide bonds. The number of halogens is 1. The zero-order chi connectivity index (χ0) is 13.8. The molecule has 0 bridgehead atoms. The fraction of sp³-hybridized carbons (Fsp3) is 0.500. The third-order valence-corrected chi connectivity index (χ3v) is 3.39. The Bertz CT molecular complexity index is 401. The topological polar surface area (TPSA) is 29.5 Å². The summed E-state index contributed by atoms with van der Waals surface area (Å²) in [5.74, 6) is -0.650. The summed E-state index contributed by atoms with van der Waals surface area (Å²) < 4.78 is 17.9. The zero-order valence-electron chi connectivity index (χ0n) is 11.4. The van der Waals surface area contributed by atoms with E-state index in [0.717, 1.165) is 5.56 Å². The van der Waals surface area contributed by atoms with E-state index in [1.165, 1.54) is 19.2 Å². The van der Waals surface area contributed by atoms with Gasteiger partial charge in [-0.15, -0.1) is 0 Å². The van der Waals surface area contributed by atoms with E-state index in [1.54, 1.807) is 19.1 Å². The first-order chi connectivity index (χ1) is 8.50. The van der Waals surface area contributed by atoms with Crippen molar-refractivity contribution in [1.82, 2.24) is 4.90 Å². The van der Waals surface area contributed by atoms with Crippen LogP contribution in [0.25, 0.3) is 0 Å². The van der Waals surface area contributed by atoms with E-state index in [0.29, 0.717) is 13.1 Å². The maximum Gasteiger partial charge on any atom is 0.330 e. The normalized spacial score (nSPS) is 14.3. The largest absolute Gasteiger partial charge is 0.467 e. The van der Waals surface area contributed by atoms with Crippen molar-refractivity contribution in [1.29, 1.82) is 0 Å². The lowest BCUT2D eigenvalue weighted by Crippen LogP contribution is -2.50. The third kappa shape index (κ3) is 2.53. The Labute approximate surface area is 108 Å². The minimum Gasteiger partial charge on any atom is -0.467 e. The molecule has 1 aromatic rings. The fourth-order valence-electron chi connectivity index (χ4n) is 2.26. The van der Waals surface area contributed by atoms with Gasteiger partial charge in [0.1, 0.15) is 11.4 Å². The molecule has 0 fully saturated rings. The summed E-state index contributed by atoms with van der Waals surface area (Å²) >= 11 is 0. The highest BCUT2D eigenvalue weighted by Crippen LogP contribution is 2.29. The summed E-state index contributed by atoms with van der Waals surface area (Å²) in [6.45, 7) is 7.18. The summed E-state index contributed by atoms with van der Waals surface area (Å²) in [5.41, 5.74) is -0.147. The van der Waals surface area contributed by atoms with Gasteiger partial charge in [0, 0.05) is 0 Å². The van der Waals surface area contributed by atoms with Gasteiger partial charge in [-0.3, -0.25) is 4.90 Å². The van der Waals surface area contributed by atoms with Crippen LogP contribution in [-0.2, 0) is 15.1 Å². The van der Waals surface area contributed by atoms with Crippen molar-refractivity contribution >= 4 is 5.97 Å². The van der Waals surface area contributed by atoms with Gasteiger partial charge < -0.3 is 4.74 Å². The average Bonchev–Trinajstić information content (AvgIpc) is 2.39. The Morgan fingerprint density at radius 2 is 1.78 bits per heavy atom. The number of esters is 1. The number of benzene rings is 1. The maximum atomic E-state index is 13.0. The van der Waals surface area contributed by atoms with Crippen molar-refractivity contribution < 1.29 is 13.9 Å². The summed E-state index contributed by atoms with van der Waals surface area (Å²) in [7, 11) is 1.37. The predicted octanol–water partition coefficient (Wildman–Crippen LogP) is 2.56. The number of nitrogens with zero attached hydrogens (tertiary/aromatic N) is 1. The molecule has 1 aromatic carbocycles. The molecule has 1 atom stereocenters. The van der Waals surface area contributed by atoms with Gasteiger partial charge in [0.2, 0.25) is 0 Å². The van der Waals surface area contributed by atoms with E-state index < -0.39 is 5.54 Å². The number of hydrogen-bond acceptors (Lipinski definition) is 3. The molecule has 18 heavy (non-hydrogen) atoms. The fourth-order valence-corrected chi connectivity index (χ4v) is 2.26. The minimum atomic E-state index is -0.883. The van der Waals surface area contributed by atoms with E-state index >= 15 is 0 Å². The number of carbonyl (C=O) groups is 1. The number of likely N-dealkylation sites (N-methyl/N-ethyl adjacent to an activating group) is 1. The second-order valence-electron chi connectivity index (χ2n) is 4.24. The molecule has 1 unspecified atom stereocenters. The smallest absolute Gasteiger partial charge is 0.330 e. The monoisotopic (exact) mass is 253 g/mol. The molecule has 0 saturated carbocycles. The SMILES string of the molecule is CCN(CC)C(C)(C(=O)OC)c1ccc(F)cc1. The van der Waals surface area contributed by atoms with Gasteiger partial charge in [-0.25, -0.2) is 9.18 Å². The Morgan fingerprint density at radius 3 is 2.17 bits per heavy atom. The molecular formula is C14H20FNO2. The molecule has 0 spiro atoms. The second kappa shape index (κ2) is 5.96. The van der Waals surface area contributed by atoms with E-state index in [9.17, 15) is 9.18 Å². The van der Waals surface area contributed by atoms with Crippen LogP contribution in [0.4, 0.5) is 4.39 Å². The number of carbonyl (C=O) groups excluding carboxylic acids is 1. The molecule has 0 aliphatic carbocycles. The predicted molar refractivity (Wildman–Crippen MR) is 68.7 cm³/mol. The Morgan fingerprint density at radius 1 is 1.28 bits per heavy atom. The molecular weight excluding hydrogens is 233 g/mol. The summed E-state index contributed by atoms with van der Waals surface area (Å²) in [6.07, 6.45) is 0. The molecule has 0 aromatic heterocycles. The first-order valence-corrected chi connectivity index (χ1v) is 6.10. The van der Waals surface area contributed by atoms with Gasteiger partial charge in [-0.05, 0) is 37.7 Å². The molecule has 100 valence electrons. The number of hydrogen-bond donors (Lipinski definition) is 0. The molecule has 3 nitrogen and oxygen atoms in total. The third-order valence-electron chi connectivity index (χ3n) is 3.39. The van der Waals surface area contributed by atoms with Crippen LogP contribution in [0.2, 0.25) is 0 Å². The minimum absolute atomic E-state index is 0.314. The average molecular weight is 253 g/mol. The van der Waals surface area contributed by atoms with Crippen LogP contribution in [0.5, 0.6) is 0 Å². The van der Waals surface area contributed by atoms with Crippen molar-refractivity contribution in [2.75, 3.05) is 20.2 Å². The Balaban J connectivity index is 3.27.